The van der Waals surface area contributed by atoms with Crippen molar-refractivity contribution in [2.24, 2.45) is 0 Å². The minimum atomic E-state index is 0.0426. The van der Waals surface area contributed by atoms with Gasteiger partial charge in [0.25, 0.3) is 0 Å². The van der Waals surface area contributed by atoms with Gasteiger partial charge in [-0.25, -0.2) is 0 Å². The van der Waals surface area contributed by atoms with Crippen molar-refractivity contribution >= 4 is 16.5 Å². The highest BCUT2D eigenvalue weighted by Crippen LogP contribution is 2.29. The summed E-state index contributed by atoms with van der Waals surface area (Å²) < 4.78 is 10.6. The Morgan fingerprint density at radius 2 is 1.82 bits per heavy atom. The summed E-state index contributed by atoms with van der Waals surface area (Å²) in [6.45, 7) is 7.22. The quantitative estimate of drug-likeness (QED) is 0.882. The van der Waals surface area contributed by atoms with Crippen molar-refractivity contribution in [2.45, 2.75) is 32.6 Å². The summed E-state index contributed by atoms with van der Waals surface area (Å²) in [6.07, 6.45) is 0.880. The predicted octanol–water partition coefficient (Wildman–Crippen LogP) is 3.51. The van der Waals surface area contributed by atoms with Crippen molar-refractivity contribution in [1.82, 2.24) is 10.2 Å². The van der Waals surface area contributed by atoms with Crippen LogP contribution in [0.25, 0.3) is 0 Å². The van der Waals surface area contributed by atoms with E-state index in [1.165, 1.54) is 5.56 Å². The average Bonchev–Trinajstić information content (AvgIpc) is 2.96. The van der Waals surface area contributed by atoms with Gasteiger partial charge in [0.2, 0.25) is 5.13 Å². The number of aromatic nitrogens is 2. The van der Waals surface area contributed by atoms with Crippen LogP contribution in [0.2, 0.25) is 0 Å². The van der Waals surface area contributed by atoms with Gasteiger partial charge in [-0.3, -0.25) is 0 Å². The van der Waals surface area contributed by atoms with Gasteiger partial charge >= 0.3 is 0 Å². The minimum absolute atomic E-state index is 0.0426. The molecule has 0 aliphatic rings. The number of methoxy groups -OCH3 is 2. The molecular formula is C16H23N3O2S. The summed E-state index contributed by atoms with van der Waals surface area (Å²) in [5.41, 5.74) is 1.23. The number of benzene rings is 1. The molecule has 5 nitrogen and oxygen atoms in total. The van der Waals surface area contributed by atoms with Gasteiger partial charge in [0.15, 0.2) is 11.5 Å². The summed E-state index contributed by atoms with van der Waals surface area (Å²) in [7, 11) is 3.29. The summed E-state index contributed by atoms with van der Waals surface area (Å²) in [6, 6.07) is 5.97. The Bertz CT molecular complexity index is 620. The van der Waals surface area contributed by atoms with Crippen molar-refractivity contribution in [1.29, 1.82) is 0 Å². The summed E-state index contributed by atoms with van der Waals surface area (Å²) in [4.78, 5) is 0. The molecule has 120 valence electrons. The van der Waals surface area contributed by atoms with Crippen molar-refractivity contribution in [3.8, 4) is 11.5 Å². The maximum atomic E-state index is 5.32. The zero-order valence-corrected chi connectivity index (χ0v) is 14.6. The highest BCUT2D eigenvalue weighted by molar-refractivity contribution is 7.15. The van der Waals surface area contributed by atoms with Crippen LogP contribution < -0.4 is 14.8 Å². The molecule has 0 saturated carbocycles. The zero-order valence-electron chi connectivity index (χ0n) is 13.8. The summed E-state index contributed by atoms with van der Waals surface area (Å²) >= 11 is 1.61. The van der Waals surface area contributed by atoms with Gasteiger partial charge in [-0.1, -0.05) is 38.2 Å². The van der Waals surface area contributed by atoms with Gasteiger partial charge < -0.3 is 14.8 Å². The van der Waals surface area contributed by atoms with Crippen LogP contribution in [0, 0.1) is 0 Å². The highest BCUT2D eigenvalue weighted by atomic mass is 32.1. The molecule has 22 heavy (non-hydrogen) atoms. The average molecular weight is 321 g/mol. The Balaban J connectivity index is 1.92. The fourth-order valence-corrected chi connectivity index (χ4v) is 2.77. The van der Waals surface area contributed by atoms with E-state index in [1.807, 2.05) is 18.2 Å². The Morgan fingerprint density at radius 1 is 1.09 bits per heavy atom. The van der Waals surface area contributed by atoms with Gasteiger partial charge in [0.05, 0.1) is 14.2 Å². The van der Waals surface area contributed by atoms with E-state index >= 15 is 0 Å². The zero-order chi connectivity index (χ0) is 16.2. The van der Waals surface area contributed by atoms with Crippen LogP contribution in [0.4, 0.5) is 5.13 Å². The third-order valence-electron chi connectivity index (χ3n) is 3.20. The van der Waals surface area contributed by atoms with Crippen LogP contribution in [0.3, 0.4) is 0 Å². The lowest BCUT2D eigenvalue weighted by Gasteiger charge is -2.12. The molecule has 0 unspecified atom stereocenters. The standard InChI is InChI=1S/C16H23N3O2S/c1-16(2,3)14-18-19-15(22-14)17-9-8-11-6-7-12(20-4)13(10-11)21-5/h6-7,10H,8-9H2,1-5H3,(H,17,19). The monoisotopic (exact) mass is 321 g/mol. The molecule has 1 N–H and O–H groups in total. The third kappa shape index (κ3) is 4.10. The van der Waals surface area contributed by atoms with Gasteiger partial charge in [-0.15, -0.1) is 10.2 Å². The number of nitrogens with zero attached hydrogens (tertiary/aromatic N) is 2. The predicted molar refractivity (Wildman–Crippen MR) is 90.3 cm³/mol. The van der Waals surface area contributed by atoms with Crippen LogP contribution in [0.15, 0.2) is 18.2 Å². The number of rotatable bonds is 6. The van der Waals surface area contributed by atoms with Gasteiger partial charge in [0, 0.05) is 12.0 Å². The van der Waals surface area contributed by atoms with Gasteiger partial charge in [-0.2, -0.15) is 0 Å². The first-order valence-corrected chi connectivity index (χ1v) is 8.04. The third-order valence-corrected chi connectivity index (χ3v) is 4.51. The van der Waals surface area contributed by atoms with E-state index in [2.05, 4.69) is 36.3 Å². The molecular weight excluding hydrogens is 298 g/mol. The van der Waals surface area contributed by atoms with Crippen molar-refractivity contribution in [3.63, 3.8) is 0 Å². The lowest BCUT2D eigenvalue weighted by Crippen LogP contribution is -2.10. The number of anilines is 1. The summed E-state index contributed by atoms with van der Waals surface area (Å²) in [5.74, 6) is 1.50. The fourth-order valence-electron chi connectivity index (χ4n) is 1.95. The molecule has 6 heteroatoms. The number of hydrogen-bond donors (Lipinski definition) is 1. The normalized spacial score (nSPS) is 11.3. The van der Waals surface area contributed by atoms with Crippen LogP contribution >= 0.6 is 11.3 Å². The van der Waals surface area contributed by atoms with E-state index in [-0.39, 0.29) is 5.41 Å². The lowest BCUT2D eigenvalue weighted by molar-refractivity contribution is 0.354. The maximum absolute atomic E-state index is 5.32. The summed E-state index contributed by atoms with van der Waals surface area (Å²) in [5, 5.41) is 13.7. The first-order valence-electron chi connectivity index (χ1n) is 7.23. The Morgan fingerprint density at radius 3 is 2.41 bits per heavy atom. The Kier molecular flexibility index (Phi) is 5.24. The minimum Gasteiger partial charge on any atom is -0.493 e. The molecule has 1 aromatic heterocycles. The smallest absolute Gasteiger partial charge is 0.205 e. The molecule has 0 fully saturated rings. The van der Waals surface area contributed by atoms with Crippen LogP contribution in [-0.4, -0.2) is 31.0 Å². The molecule has 0 bridgehead atoms. The number of ether oxygens (including phenoxy) is 2. The number of hydrogen-bond acceptors (Lipinski definition) is 6. The first kappa shape index (κ1) is 16.5. The molecule has 1 aromatic carbocycles. The van der Waals surface area contributed by atoms with E-state index in [0.29, 0.717) is 0 Å². The van der Waals surface area contributed by atoms with E-state index in [9.17, 15) is 0 Å². The SMILES string of the molecule is COc1ccc(CCNc2nnc(C(C)(C)C)s2)cc1OC. The largest absolute Gasteiger partial charge is 0.493 e. The topological polar surface area (TPSA) is 56.3 Å². The molecule has 0 spiro atoms. The molecule has 0 aliphatic heterocycles. The van der Waals surface area contributed by atoms with Gasteiger partial charge in [0.1, 0.15) is 5.01 Å². The second-order valence-electron chi connectivity index (χ2n) is 6.03. The number of nitrogens with one attached hydrogen (secondary N) is 1. The van der Waals surface area contributed by atoms with Crippen LogP contribution in [-0.2, 0) is 11.8 Å². The van der Waals surface area contributed by atoms with E-state index in [1.54, 1.807) is 25.6 Å². The molecule has 0 saturated heterocycles. The molecule has 2 rings (SSSR count). The lowest BCUT2D eigenvalue weighted by atomic mass is 9.98. The van der Waals surface area contributed by atoms with Crippen molar-refractivity contribution < 1.29 is 9.47 Å². The Labute approximate surface area is 135 Å². The first-order chi connectivity index (χ1) is 10.4. The molecule has 1 heterocycles. The van der Waals surface area contributed by atoms with E-state index in [0.717, 1.165) is 34.6 Å². The van der Waals surface area contributed by atoms with E-state index < -0.39 is 0 Å². The highest BCUT2D eigenvalue weighted by Gasteiger charge is 2.19. The maximum Gasteiger partial charge on any atom is 0.205 e. The molecule has 0 amide bonds. The molecule has 0 radical (unpaired) electrons. The van der Waals surface area contributed by atoms with Crippen molar-refractivity contribution in [3.05, 3.63) is 28.8 Å². The molecule has 0 atom stereocenters. The second-order valence-corrected chi connectivity index (χ2v) is 7.01. The second kappa shape index (κ2) is 6.96. The van der Waals surface area contributed by atoms with Crippen molar-refractivity contribution in [2.75, 3.05) is 26.1 Å². The van der Waals surface area contributed by atoms with Crippen LogP contribution in [0.1, 0.15) is 31.3 Å². The van der Waals surface area contributed by atoms with E-state index in [4.69, 9.17) is 9.47 Å². The van der Waals surface area contributed by atoms with Crippen LogP contribution in [0.5, 0.6) is 11.5 Å². The molecule has 0 aliphatic carbocycles. The fraction of sp³-hybridized carbons (Fsp3) is 0.500. The van der Waals surface area contributed by atoms with Gasteiger partial charge in [-0.05, 0) is 24.1 Å². The molecule has 2 aromatic rings. The Hall–Kier alpha value is -1.82.